The van der Waals surface area contributed by atoms with E-state index in [2.05, 4.69) is 17.0 Å². The molecule has 1 saturated heterocycles. The first-order chi connectivity index (χ1) is 8.81. The zero-order chi connectivity index (χ0) is 12.8. The van der Waals surface area contributed by atoms with Gasteiger partial charge in [0, 0.05) is 0 Å². The molecule has 3 heteroatoms. The molecule has 1 unspecified atom stereocenters. The van der Waals surface area contributed by atoms with Gasteiger partial charge in [0.15, 0.2) is 0 Å². The average molecular weight is 247 g/mol. The average Bonchev–Trinajstić information content (AvgIpc) is 2.46. The molecule has 1 aromatic carbocycles. The summed E-state index contributed by atoms with van der Waals surface area (Å²) in [6.45, 7) is 2.01. The van der Waals surface area contributed by atoms with Crippen molar-refractivity contribution >= 4 is 5.97 Å². The molecule has 0 N–H and O–H groups in total. The van der Waals surface area contributed by atoms with Gasteiger partial charge in [0.25, 0.3) is 0 Å². The number of likely N-dealkylation sites (tertiary alicyclic amines) is 1. The van der Waals surface area contributed by atoms with Gasteiger partial charge in [0.05, 0.1) is 7.11 Å². The molecule has 1 aliphatic rings. The Hall–Kier alpha value is -1.35. The molecule has 1 aliphatic heterocycles. The van der Waals surface area contributed by atoms with Crippen molar-refractivity contribution in [2.75, 3.05) is 20.2 Å². The lowest BCUT2D eigenvalue weighted by Crippen LogP contribution is -2.45. The van der Waals surface area contributed by atoms with Gasteiger partial charge in [0.2, 0.25) is 0 Å². The third kappa shape index (κ3) is 3.33. The highest BCUT2D eigenvalue weighted by atomic mass is 16.5. The normalized spacial score (nSPS) is 18.3. The van der Waals surface area contributed by atoms with E-state index in [4.69, 9.17) is 4.74 Å². The lowest BCUT2D eigenvalue weighted by Gasteiger charge is -2.32. The lowest BCUT2D eigenvalue weighted by molar-refractivity contribution is -0.147. The summed E-state index contributed by atoms with van der Waals surface area (Å²) in [6, 6.07) is 10.0. The van der Waals surface area contributed by atoms with Crippen LogP contribution in [0, 0.1) is 0 Å². The predicted octanol–water partition coefficient (Wildman–Crippen LogP) is 2.26. The maximum Gasteiger partial charge on any atom is 0.323 e. The molecular formula is C15H21NO2. The maximum absolute atomic E-state index is 12.0. The second kappa shape index (κ2) is 6.55. The molecule has 1 aromatic rings. The summed E-state index contributed by atoms with van der Waals surface area (Å²) in [5.74, 6) is -0.110. The molecule has 3 nitrogen and oxygen atoms in total. The Labute approximate surface area is 109 Å². The van der Waals surface area contributed by atoms with Crippen molar-refractivity contribution in [3.05, 3.63) is 35.9 Å². The van der Waals surface area contributed by atoms with E-state index >= 15 is 0 Å². The van der Waals surface area contributed by atoms with Crippen LogP contribution in [0.4, 0.5) is 0 Å². The Balaban J connectivity index is 2.07. The van der Waals surface area contributed by atoms with Crippen molar-refractivity contribution in [3.63, 3.8) is 0 Å². The van der Waals surface area contributed by atoms with Gasteiger partial charge in [-0.2, -0.15) is 0 Å². The van der Waals surface area contributed by atoms with Crippen LogP contribution in [-0.4, -0.2) is 37.1 Å². The fourth-order valence-corrected chi connectivity index (χ4v) is 2.56. The van der Waals surface area contributed by atoms with Crippen molar-refractivity contribution in [1.29, 1.82) is 0 Å². The molecular weight excluding hydrogens is 226 g/mol. The second-order valence-corrected chi connectivity index (χ2v) is 4.83. The highest BCUT2D eigenvalue weighted by molar-refractivity contribution is 5.76. The number of rotatable bonds is 4. The number of hydrogen-bond donors (Lipinski definition) is 0. The highest BCUT2D eigenvalue weighted by Crippen LogP contribution is 2.16. The van der Waals surface area contributed by atoms with Crippen LogP contribution < -0.4 is 0 Å². The van der Waals surface area contributed by atoms with Gasteiger partial charge >= 0.3 is 5.97 Å². The molecule has 0 radical (unpaired) electrons. The van der Waals surface area contributed by atoms with Crippen LogP contribution in [-0.2, 0) is 16.0 Å². The first-order valence-electron chi connectivity index (χ1n) is 6.67. The molecule has 1 heterocycles. The van der Waals surface area contributed by atoms with Crippen molar-refractivity contribution in [2.24, 2.45) is 0 Å². The summed E-state index contributed by atoms with van der Waals surface area (Å²) >= 11 is 0. The minimum atomic E-state index is -0.127. The number of hydrogen-bond acceptors (Lipinski definition) is 3. The number of ether oxygens (including phenoxy) is 1. The van der Waals surface area contributed by atoms with Crippen LogP contribution >= 0.6 is 0 Å². The molecule has 1 atom stereocenters. The van der Waals surface area contributed by atoms with Crippen molar-refractivity contribution in [3.8, 4) is 0 Å². The van der Waals surface area contributed by atoms with Crippen LogP contribution in [0.15, 0.2) is 30.3 Å². The van der Waals surface area contributed by atoms with E-state index < -0.39 is 0 Å². The molecule has 0 aliphatic carbocycles. The number of esters is 1. The van der Waals surface area contributed by atoms with Crippen LogP contribution in [0.1, 0.15) is 24.8 Å². The van der Waals surface area contributed by atoms with Crippen LogP contribution in [0.25, 0.3) is 0 Å². The summed E-state index contributed by atoms with van der Waals surface area (Å²) in [4.78, 5) is 14.2. The minimum Gasteiger partial charge on any atom is -0.468 e. The van der Waals surface area contributed by atoms with Gasteiger partial charge in [-0.1, -0.05) is 36.8 Å². The fourth-order valence-electron chi connectivity index (χ4n) is 2.56. The van der Waals surface area contributed by atoms with Gasteiger partial charge < -0.3 is 4.74 Å². The van der Waals surface area contributed by atoms with Gasteiger partial charge in [-0.05, 0) is 37.9 Å². The topological polar surface area (TPSA) is 29.5 Å². The summed E-state index contributed by atoms with van der Waals surface area (Å²) in [5.41, 5.74) is 1.19. The third-order valence-corrected chi connectivity index (χ3v) is 3.58. The Kier molecular flexibility index (Phi) is 4.76. The molecule has 18 heavy (non-hydrogen) atoms. The number of benzene rings is 1. The Bertz CT molecular complexity index is 371. The van der Waals surface area contributed by atoms with Crippen molar-refractivity contribution in [1.82, 2.24) is 4.90 Å². The van der Waals surface area contributed by atoms with E-state index in [9.17, 15) is 4.79 Å². The van der Waals surface area contributed by atoms with E-state index in [-0.39, 0.29) is 12.0 Å². The third-order valence-electron chi connectivity index (χ3n) is 3.58. The van der Waals surface area contributed by atoms with E-state index in [0.29, 0.717) is 0 Å². The standard InChI is InChI=1S/C15H21NO2/c1-18-15(17)14(16-10-6-3-7-11-16)12-13-8-4-2-5-9-13/h2,4-5,8-9,14H,3,6-7,10-12H2,1H3. The zero-order valence-electron chi connectivity index (χ0n) is 11.0. The maximum atomic E-state index is 12.0. The Morgan fingerprint density at radius 2 is 1.89 bits per heavy atom. The van der Waals surface area contributed by atoms with Crippen LogP contribution in [0.3, 0.4) is 0 Å². The molecule has 0 aromatic heterocycles. The predicted molar refractivity (Wildman–Crippen MR) is 71.4 cm³/mol. The Morgan fingerprint density at radius 1 is 1.22 bits per heavy atom. The second-order valence-electron chi connectivity index (χ2n) is 4.83. The van der Waals surface area contributed by atoms with E-state index in [1.165, 1.54) is 31.9 Å². The highest BCUT2D eigenvalue weighted by Gasteiger charge is 2.27. The van der Waals surface area contributed by atoms with Crippen molar-refractivity contribution in [2.45, 2.75) is 31.7 Å². The smallest absolute Gasteiger partial charge is 0.323 e. The minimum absolute atomic E-state index is 0.110. The SMILES string of the molecule is COC(=O)C(Cc1ccccc1)N1CCCCC1. The van der Waals surface area contributed by atoms with Crippen LogP contribution in [0.2, 0.25) is 0 Å². The first-order valence-corrected chi connectivity index (χ1v) is 6.67. The molecule has 1 fully saturated rings. The first kappa shape index (κ1) is 13.1. The van der Waals surface area contributed by atoms with E-state index in [0.717, 1.165) is 19.5 Å². The van der Waals surface area contributed by atoms with E-state index in [1.807, 2.05) is 18.2 Å². The number of carbonyl (C=O) groups excluding carboxylic acids is 1. The number of piperidine rings is 1. The summed E-state index contributed by atoms with van der Waals surface area (Å²) in [5, 5.41) is 0. The zero-order valence-corrected chi connectivity index (χ0v) is 11.0. The van der Waals surface area contributed by atoms with Crippen molar-refractivity contribution < 1.29 is 9.53 Å². The van der Waals surface area contributed by atoms with Gasteiger partial charge in [-0.15, -0.1) is 0 Å². The van der Waals surface area contributed by atoms with Gasteiger partial charge in [-0.25, -0.2) is 0 Å². The molecule has 2 rings (SSSR count). The summed E-state index contributed by atoms with van der Waals surface area (Å²) in [6.07, 6.45) is 4.38. The largest absolute Gasteiger partial charge is 0.468 e. The molecule has 0 saturated carbocycles. The van der Waals surface area contributed by atoms with Gasteiger partial charge in [-0.3, -0.25) is 9.69 Å². The number of carbonyl (C=O) groups is 1. The lowest BCUT2D eigenvalue weighted by atomic mass is 10.0. The molecule has 98 valence electrons. The molecule has 0 amide bonds. The summed E-state index contributed by atoms with van der Waals surface area (Å²) in [7, 11) is 1.48. The monoisotopic (exact) mass is 247 g/mol. The fraction of sp³-hybridized carbons (Fsp3) is 0.533. The molecule has 0 bridgehead atoms. The van der Waals surface area contributed by atoms with E-state index in [1.54, 1.807) is 0 Å². The van der Waals surface area contributed by atoms with Crippen LogP contribution in [0.5, 0.6) is 0 Å². The number of methoxy groups -OCH3 is 1. The number of nitrogens with zero attached hydrogens (tertiary/aromatic N) is 1. The van der Waals surface area contributed by atoms with Gasteiger partial charge in [0.1, 0.15) is 6.04 Å². The Morgan fingerprint density at radius 3 is 2.50 bits per heavy atom. The quantitative estimate of drug-likeness (QED) is 0.764. The molecule has 0 spiro atoms. The summed E-state index contributed by atoms with van der Waals surface area (Å²) < 4.78 is 4.96.